The molecule has 5 N–H and O–H groups in total. The Hall–Kier alpha value is -1.84. The Morgan fingerprint density at radius 3 is 2.34 bits per heavy atom. The number of fused-ring (bicyclic) bond motifs is 4. The van der Waals surface area contributed by atoms with Crippen molar-refractivity contribution in [2.75, 3.05) is 50.4 Å². The van der Waals surface area contributed by atoms with Crippen LogP contribution in [-0.2, 0) is 0 Å². The lowest BCUT2D eigenvalue weighted by atomic mass is 10.0. The molecule has 0 atom stereocenters. The van der Waals surface area contributed by atoms with Gasteiger partial charge >= 0.3 is 0 Å². The second-order valence-electron chi connectivity index (χ2n) is 7.38. The van der Waals surface area contributed by atoms with Crippen molar-refractivity contribution >= 4 is 86.4 Å². The van der Waals surface area contributed by atoms with Crippen LogP contribution < -0.4 is 10.1 Å². The second kappa shape index (κ2) is 16.0. The molecule has 0 bridgehead atoms. The van der Waals surface area contributed by atoms with Gasteiger partial charge in [0, 0.05) is 48.4 Å². The molecular formula is C24H32Cl4N4O3. The minimum Gasteiger partial charge on any atom is -0.496 e. The summed E-state index contributed by atoms with van der Waals surface area (Å²) >= 11 is 11.9. The third-order valence-corrected chi connectivity index (χ3v) is 5.80. The maximum Gasteiger partial charge on any atom is 0.131 e. The van der Waals surface area contributed by atoms with Gasteiger partial charge in [-0.25, -0.2) is 4.98 Å². The maximum atomic E-state index is 5.93. The number of rotatable bonds is 10. The molecule has 7 nitrogen and oxygen atoms in total. The number of para-hydroxylation sites is 1. The minimum absolute atomic E-state index is 0. The number of nitrogens with zero attached hydrogens (tertiary/aromatic N) is 3. The average Bonchev–Trinajstić information content (AvgIpc) is 2.80. The van der Waals surface area contributed by atoms with E-state index in [-0.39, 0.29) is 35.8 Å². The van der Waals surface area contributed by atoms with Gasteiger partial charge in [-0.3, -0.25) is 4.98 Å². The SMILES string of the molecule is COc1cc2cccnc2c2nc3ccccc3c(NCCCN(CCCl)CCCl)c12.Cl.Cl.O.O. The first-order chi connectivity index (χ1) is 15.3. The van der Waals surface area contributed by atoms with Gasteiger partial charge in [-0.15, -0.1) is 48.0 Å². The van der Waals surface area contributed by atoms with Crippen LogP contribution in [0.4, 0.5) is 5.69 Å². The Bertz CT molecular complexity index is 1190. The topological polar surface area (TPSA) is 113 Å². The lowest BCUT2D eigenvalue weighted by Gasteiger charge is -2.21. The summed E-state index contributed by atoms with van der Waals surface area (Å²) in [4.78, 5) is 11.9. The van der Waals surface area contributed by atoms with Crippen molar-refractivity contribution in [1.29, 1.82) is 0 Å². The van der Waals surface area contributed by atoms with E-state index in [2.05, 4.69) is 21.3 Å². The number of alkyl halides is 2. The van der Waals surface area contributed by atoms with E-state index in [0.717, 1.165) is 76.7 Å². The molecule has 0 radical (unpaired) electrons. The summed E-state index contributed by atoms with van der Waals surface area (Å²) in [5, 5.41) is 6.72. The molecule has 11 heteroatoms. The molecule has 35 heavy (non-hydrogen) atoms. The summed E-state index contributed by atoms with van der Waals surface area (Å²) in [6.45, 7) is 3.45. The summed E-state index contributed by atoms with van der Waals surface area (Å²) in [5.74, 6) is 2.02. The number of benzene rings is 2. The highest BCUT2D eigenvalue weighted by atomic mass is 35.5. The number of halogens is 4. The van der Waals surface area contributed by atoms with E-state index in [0.29, 0.717) is 11.8 Å². The van der Waals surface area contributed by atoms with E-state index in [4.69, 9.17) is 32.9 Å². The molecule has 0 saturated heterocycles. The smallest absolute Gasteiger partial charge is 0.131 e. The Balaban J connectivity index is 0.00000289. The van der Waals surface area contributed by atoms with Gasteiger partial charge < -0.3 is 25.9 Å². The molecule has 0 amide bonds. The third-order valence-electron chi connectivity index (χ3n) is 5.46. The molecule has 0 aliphatic carbocycles. The van der Waals surface area contributed by atoms with Crippen molar-refractivity contribution in [3.63, 3.8) is 0 Å². The van der Waals surface area contributed by atoms with Crippen LogP contribution in [0.15, 0.2) is 48.7 Å². The van der Waals surface area contributed by atoms with Gasteiger partial charge in [-0.2, -0.15) is 0 Å². The van der Waals surface area contributed by atoms with E-state index in [1.54, 1.807) is 13.3 Å². The minimum atomic E-state index is 0. The molecule has 0 aliphatic rings. The molecule has 0 aliphatic heterocycles. The molecule has 2 aromatic heterocycles. The van der Waals surface area contributed by atoms with Gasteiger partial charge in [0.1, 0.15) is 11.3 Å². The van der Waals surface area contributed by atoms with E-state index in [9.17, 15) is 0 Å². The van der Waals surface area contributed by atoms with Crippen LogP contribution in [0, 0.1) is 0 Å². The molecule has 0 fully saturated rings. The van der Waals surface area contributed by atoms with Crippen molar-refractivity contribution in [2.24, 2.45) is 0 Å². The molecule has 4 aromatic rings. The van der Waals surface area contributed by atoms with Crippen molar-refractivity contribution in [1.82, 2.24) is 14.9 Å². The van der Waals surface area contributed by atoms with E-state index in [1.165, 1.54) is 0 Å². The molecule has 194 valence electrons. The van der Waals surface area contributed by atoms with Crippen molar-refractivity contribution in [3.05, 3.63) is 48.7 Å². The van der Waals surface area contributed by atoms with E-state index in [1.807, 2.05) is 36.4 Å². The molecule has 0 unspecified atom stereocenters. The van der Waals surface area contributed by atoms with Gasteiger partial charge in [0.2, 0.25) is 0 Å². The standard InChI is InChI=1S/C24H26Cl2N4O.2ClH.2H2O/c1-31-20-16-17-6-4-11-27-22(17)24-21(20)23(18-7-2-3-8-19(18)29-24)28-12-5-13-30(14-9-25)15-10-26;;;;/h2-4,6-8,11,16H,5,9-10,12-15H2,1H3,(H,28,29);2*1H;2*1H2. The summed E-state index contributed by atoms with van der Waals surface area (Å²) < 4.78 is 5.79. The van der Waals surface area contributed by atoms with Crippen LogP contribution in [0.1, 0.15) is 6.42 Å². The average molecular weight is 566 g/mol. The molecule has 2 aromatic carbocycles. The van der Waals surface area contributed by atoms with Crippen LogP contribution in [-0.4, -0.2) is 70.9 Å². The van der Waals surface area contributed by atoms with Gasteiger partial charge in [-0.05, 0) is 31.2 Å². The van der Waals surface area contributed by atoms with Gasteiger partial charge in [0.15, 0.2) is 0 Å². The molecular weight excluding hydrogens is 534 g/mol. The Kier molecular flexibility index (Phi) is 15.2. The lowest BCUT2D eigenvalue weighted by Crippen LogP contribution is -2.30. The van der Waals surface area contributed by atoms with Crippen LogP contribution >= 0.6 is 48.0 Å². The normalized spacial score (nSPS) is 10.3. The highest BCUT2D eigenvalue weighted by molar-refractivity contribution is 6.18. The highest BCUT2D eigenvalue weighted by Crippen LogP contribution is 2.40. The quantitative estimate of drug-likeness (QED) is 0.129. The predicted molar refractivity (Wildman–Crippen MR) is 154 cm³/mol. The summed E-state index contributed by atoms with van der Waals surface area (Å²) in [6.07, 6.45) is 2.78. The number of methoxy groups -OCH3 is 1. The Morgan fingerprint density at radius 2 is 1.66 bits per heavy atom. The van der Waals surface area contributed by atoms with Crippen LogP contribution in [0.5, 0.6) is 5.75 Å². The zero-order valence-corrected chi connectivity index (χ0v) is 22.5. The number of nitrogens with one attached hydrogen (secondary N) is 1. The number of hydrogen-bond donors (Lipinski definition) is 1. The fourth-order valence-corrected chi connectivity index (χ4v) is 4.48. The largest absolute Gasteiger partial charge is 0.496 e. The first-order valence-corrected chi connectivity index (χ1v) is 11.6. The Labute approximate surface area is 227 Å². The number of pyridine rings is 2. The van der Waals surface area contributed by atoms with E-state index < -0.39 is 0 Å². The third kappa shape index (κ3) is 7.33. The summed E-state index contributed by atoms with van der Waals surface area (Å²) in [6, 6.07) is 14.2. The van der Waals surface area contributed by atoms with Crippen molar-refractivity contribution in [2.45, 2.75) is 6.42 Å². The highest BCUT2D eigenvalue weighted by Gasteiger charge is 2.17. The fraction of sp³-hybridized carbons (Fsp3) is 0.333. The van der Waals surface area contributed by atoms with E-state index >= 15 is 0 Å². The van der Waals surface area contributed by atoms with Crippen LogP contribution in [0.2, 0.25) is 0 Å². The number of anilines is 1. The van der Waals surface area contributed by atoms with Gasteiger partial charge in [-0.1, -0.05) is 24.3 Å². The van der Waals surface area contributed by atoms with Gasteiger partial charge in [0.05, 0.1) is 29.2 Å². The number of aromatic nitrogens is 2. The molecule has 4 rings (SSSR count). The lowest BCUT2D eigenvalue weighted by molar-refractivity contribution is 0.306. The zero-order valence-electron chi connectivity index (χ0n) is 19.4. The van der Waals surface area contributed by atoms with Crippen LogP contribution in [0.25, 0.3) is 32.7 Å². The maximum absolute atomic E-state index is 5.93. The fourth-order valence-electron chi connectivity index (χ4n) is 4.00. The predicted octanol–water partition coefficient (Wildman–Crippen LogP) is 4.72. The first kappa shape index (κ1) is 33.2. The van der Waals surface area contributed by atoms with Crippen LogP contribution in [0.3, 0.4) is 0 Å². The number of ether oxygens (including phenoxy) is 1. The summed E-state index contributed by atoms with van der Waals surface area (Å²) in [7, 11) is 1.70. The monoisotopic (exact) mass is 564 g/mol. The Morgan fingerprint density at radius 1 is 0.943 bits per heavy atom. The van der Waals surface area contributed by atoms with Gasteiger partial charge in [0.25, 0.3) is 0 Å². The molecule has 0 saturated carbocycles. The van der Waals surface area contributed by atoms with Crippen molar-refractivity contribution < 1.29 is 15.7 Å². The first-order valence-electron chi connectivity index (χ1n) is 10.5. The van der Waals surface area contributed by atoms with Crippen molar-refractivity contribution in [3.8, 4) is 5.75 Å². The molecule has 0 spiro atoms. The number of hydrogen-bond acceptors (Lipinski definition) is 5. The summed E-state index contributed by atoms with van der Waals surface area (Å²) in [5.41, 5.74) is 3.69. The second-order valence-corrected chi connectivity index (χ2v) is 8.14. The zero-order chi connectivity index (χ0) is 21.6. The molecule has 2 heterocycles.